The zero-order valence-electron chi connectivity index (χ0n) is 12.4. The molecule has 110 valence electrons. The van der Waals surface area contributed by atoms with E-state index in [2.05, 4.69) is 53.1 Å². The molecule has 1 fully saturated rings. The number of benzene rings is 1. The first-order chi connectivity index (χ1) is 9.40. The second-order valence-corrected chi connectivity index (χ2v) is 7.03. The van der Waals surface area contributed by atoms with Gasteiger partial charge in [-0.2, -0.15) is 0 Å². The largest absolute Gasteiger partial charge is 0.347 e. The van der Waals surface area contributed by atoms with Crippen LogP contribution in [0.25, 0.3) is 0 Å². The molecule has 1 aliphatic rings. The van der Waals surface area contributed by atoms with Crippen molar-refractivity contribution < 1.29 is 4.79 Å². The van der Waals surface area contributed by atoms with Gasteiger partial charge in [0.15, 0.2) is 0 Å². The van der Waals surface area contributed by atoms with Gasteiger partial charge in [-0.3, -0.25) is 4.79 Å². The molecule has 4 heteroatoms. The molecule has 0 bridgehead atoms. The van der Waals surface area contributed by atoms with Crippen molar-refractivity contribution in [2.75, 3.05) is 20.1 Å². The maximum absolute atomic E-state index is 12.5. The van der Waals surface area contributed by atoms with Gasteiger partial charge in [-0.1, -0.05) is 34.1 Å². The Morgan fingerprint density at radius 1 is 1.30 bits per heavy atom. The number of piperidine rings is 1. The summed E-state index contributed by atoms with van der Waals surface area (Å²) in [5, 5.41) is 3.21. The predicted octanol–water partition coefficient (Wildman–Crippen LogP) is 3.14. The van der Waals surface area contributed by atoms with Crippen LogP contribution in [0.3, 0.4) is 0 Å². The molecule has 1 aromatic rings. The molecule has 3 nitrogen and oxygen atoms in total. The average molecular weight is 339 g/mol. The quantitative estimate of drug-likeness (QED) is 0.918. The predicted molar refractivity (Wildman–Crippen MR) is 85.5 cm³/mol. The molecule has 1 saturated heterocycles. The van der Waals surface area contributed by atoms with Crippen LogP contribution in [0, 0.1) is 5.92 Å². The van der Waals surface area contributed by atoms with Crippen LogP contribution in [0.1, 0.15) is 32.3 Å². The normalized spacial score (nSPS) is 18.0. The Balaban J connectivity index is 2.05. The van der Waals surface area contributed by atoms with Crippen LogP contribution in [-0.4, -0.2) is 30.9 Å². The van der Waals surface area contributed by atoms with E-state index >= 15 is 0 Å². The number of nitrogens with zero attached hydrogens (tertiary/aromatic N) is 1. The van der Waals surface area contributed by atoms with E-state index in [1.807, 2.05) is 18.2 Å². The molecule has 0 unspecified atom stereocenters. The minimum Gasteiger partial charge on any atom is -0.347 e. The summed E-state index contributed by atoms with van der Waals surface area (Å²) in [5.74, 6) is 0.326. The topological polar surface area (TPSA) is 32.3 Å². The van der Waals surface area contributed by atoms with Crippen LogP contribution in [0.4, 0.5) is 0 Å². The smallest absolute Gasteiger partial charge is 0.223 e. The highest BCUT2D eigenvalue weighted by Gasteiger charge is 2.30. The van der Waals surface area contributed by atoms with E-state index < -0.39 is 0 Å². The van der Waals surface area contributed by atoms with Gasteiger partial charge >= 0.3 is 0 Å². The Labute approximate surface area is 129 Å². The molecule has 20 heavy (non-hydrogen) atoms. The molecular weight excluding hydrogens is 316 g/mol. The monoisotopic (exact) mass is 338 g/mol. The third-order valence-corrected chi connectivity index (χ3v) is 4.76. The molecule has 0 aromatic heterocycles. The number of likely N-dealkylation sites (tertiary alicyclic amines) is 1. The minimum atomic E-state index is -0.361. The van der Waals surface area contributed by atoms with Crippen molar-refractivity contribution in [3.8, 4) is 0 Å². The molecule has 0 atom stereocenters. The average Bonchev–Trinajstić information content (AvgIpc) is 2.39. The fraction of sp³-hybridized carbons (Fsp3) is 0.562. The molecule has 0 saturated carbocycles. The lowest BCUT2D eigenvalue weighted by Crippen LogP contribution is -2.46. The molecule has 1 aliphatic heterocycles. The van der Waals surface area contributed by atoms with Gasteiger partial charge in [0, 0.05) is 10.4 Å². The molecule has 1 heterocycles. The van der Waals surface area contributed by atoms with Crippen LogP contribution in [0.2, 0.25) is 0 Å². The van der Waals surface area contributed by atoms with Crippen molar-refractivity contribution in [3.05, 3.63) is 34.3 Å². The highest BCUT2D eigenvalue weighted by atomic mass is 79.9. The summed E-state index contributed by atoms with van der Waals surface area (Å²) in [4.78, 5) is 14.7. The number of nitrogens with one attached hydrogen (secondary N) is 1. The maximum Gasteiger partial charge on any atom is 0.223 e. The summed E-state index contributed by atoms with van der Waals surface area (Å²) in [6.45, 7) is 6.13. The summed E-state index contributed by atoms with van der Waals surface area (Å²) in [6.07, 6.45) is 1.91. The number of rotatable bonds is 3. The Bertz CT molecular complexity index is 479. The summed E-state index contributed by atoms with van der Waals surface area (Å²) in [5.41, 5.74) is 0.752. The molecule has 2 rings (SSSR count). The van der Waals surface area contributed by atoms with Crippen LogP contribution >= 0.6 is 15.9 Å². The van der Waals surface area contributed by atoms with Crippen LogP contribution in [-0.2, 0) is 10.3 Å². The molecule has 0 radical (unpaired) electrons. The zero-order chi connectivity index (χ0) is 14.8. The fourth-order valence-corrected chi connectivity index (χ4v) is 3.50. The fourth-order valence-electron chi connectivity index (χ4n) is 2.72. The summed E-state index contributed by atoms with van der Waals surface area (Å²) >= 11 is 3.57. The first-order valence-electron chi connectivity index (χ1n) is 7.16. The van der Waals surface area contributed by atoms with Gasteiger partial charge in [-0.05, 0) is 58.5 Å². The van der Waals surface area contributed by atoms with Gasteiger partial charge in [-0.15, -0.1) is 0 Å². The lowest BCUT2D eigenvalue weighted by Gasteiger charge is -2.33. The minimum absolute atomic E-state index is 0.146. The third-order valence-electron chi connectivity index (χ3n) is 4.07. The zero-order valence-corrected chi connectivity index (χ0v) is 14.0. The van der Waals surface area contributed by atoms with Crippen molar-refractivity contribution in [1.82, 2.24) is 10.2 Å². The standard InChI is InChI=1S/C16H23BrN2O/c1-16(2,13-6-4-5-7-14(13)17)18-15(20)12-8-10-19(3)11-9-12/h4-7,12H,8-11H2,1-3H3,(H,18,20). The van der Waals surface area contributed by atoms with Gasteiger partial charge in [0.1, 0.15) is 0 Å². The Hall–Kier alpha value is -0.870. The van der Waals surface area contributed by atoms with E-state index in [9.17, 15) is 4.79 Å². The van der Waals surface area contributed by atoms with Crippen molar-refractivity contribution in [3.63, 3.8) is 0 Å². The SMILES string of the molecule is CN1CCC(C(=O)NC(C)(C)c2ccccc2Br)CC1. The first-order valence-corrected chi connectivity index (χ1v) is 7.95. The van der Waals surface area contributed by atoms with Gasteiger partial charge in [0.05, 0.1) is 5.54 Å². The Morgan fingerprint density at radius 2 is 1.90 bits per heavy atom. The maximum atomic E-state index is 12.5. The summed E-state index contributed by atoms with van der Waals surface area (Å²) in [6, 6.07) is 8.06. The summed E-state index contributed by atoms with van der Waals surface area (Å²) in [7, 11) is 2.11. The van der Waals surface area contributed by atoms with Crippen molar-refractivity contribution in [2.45, 2.75) is 32.2 Å². The van der Waals surface area contributed by atoms with E-state index in [4.69, 9.17) is 0 Å². The molecule has 1 aromatic carbocycles. The van der Waals surface area contributed by atoms with Crippen LogP contribution in [0.15, 0.2) is 28.7 Å². The Morgan fingerprint density at radius 3 is 2.50 bits per heavy atom. The van der Waals surface area contributed by atoms with Gasteiger partial charge in [0.25, 0.3) is 0 Å². The van der Waals surface area contributed by atoms with E-state index in [1.165, 1.54) is 0 Å². The number of carbonyl (C=O) groups is 1. The number of carbonyl (C=O) groups excluding carboxylic acids is 1. The second kappa shape index (κ2) is 6.27. The highest BCUT2D eigenvalue weighted by molar-refractivity contribution is 9.10. The molecule has 0 spiro atoms. The molecular formula is C16H23BrN2O. The van der Waals surface area contributed by atoms with Gasteiger partial charge in [0.2, 0.25) is 5.91 Å². The molecule has 1 N–H and O–H groups in total. The third kappa shape index (κ3) is 3.61. The Kier molecular flexibility index (Phi) is 4.86. The number of amides is 1. The van der Waals surface area contributed by atoms with Gasteiger partial charge in [-0.25, -0.2) is 0 Å². The second-order valence-electron chi connectivity index (χ2n) is 6.17. The van der Waals surface area contributed by atoms with Crippen molar-refractivity contribution in [2.24, 2.45) is 5.92 Å². The van der Waals surface area contributed by atoms with E-state index in [1.54, 1.807) is 0 Å². The van der Waals surface area contributed by atoms with Crippen molar-refractivity contribution in [1.29, 1.82) is 0 Å². The van der Waals surface area contributed by atoms with E-state index in [-0.39, 0.29) is 17.4 Å². The van der Waals surface area contributed by atoms with Crippen LogP contribution < -0.4 is 5.32 Å². The summed E-state index contributed by atoms with van der Waals surface area (Å²) < 4.78 is 1.04. The van der Waals surface area contributed by atoms with E-state index in [0.29, 0.717) is 0 Å². The molecule has 1 amide bonds. The first kappa shape index (κ1) is 15.5. The number of hydrogen-bond donors (Lipinski definition) is 1. The van der Waals surface area contributed by atoms with Gasteiger partial charge < -0.3 is 10.2 Å². The molecule has 0 aliphatic carbocycles. The highest BCUT2D eigenvalue weighted by Crippen LogP contribution is 2.28. The lowest BCUT2D eigenvalue weighted by molar-refractivity contribution is -0.128. The van der Waals surface area contributed by atoms with E-state index in [0.717, 1.165) is 36.0 Å². The number of hydrogen-bond acceptors (Lipinski definition) is 2. The lowest BCUT2D eigenvalue weighted by atomic mass is 9.91. The van der Waals surface area contributed by atoms with Crippen molar-refractivity contribution >= 4 is 21.8 Å². The number of halogens is 1. The van der Waals surface area contributed by atoms with Crippen LogP contribution in [0.5, 0.6) is 0 Å².